The van der Waals surface area contributed by atoms with Gasteiger partial charge in [0.05, 0.1) is 5.71 Å². The highest BCUT2D eigenvalue weighted by atomic mass is 31.2. The molecule has 6 nitrogen and oxygen atoms in total. The Morgan fingerprint density at radius 3 is 1.88 bits per heavy atom. The van der Waals surface area contributed by atoms with Crippen LogP contribution in [0.5, 0.6) is 5.75 Å². The van der Waals surface area contributed by atoms with E-state index in [1.54, 1.807) is 0 Å². The molecule has 0 amide bonds. The number of benzene rings is 1. The van der Waals surface area contributed by atoms with Crippen LogP contribution in [0.15, 0.2) is 17.3 Å². The number of oxime groups is 1. The largest absolute Gasteiger partial charge is 0.507 e. The van der Waals surface area contributed by atoms with Crippen molar-refractivity contribution in [2.75, 3.05) is 0 Å². The second-order valence-electron chi connectivity index (χ2n) is 8.31. The molecule has 134 valence electrons. The van der Waals surface area contributed by atoms with Crippen LogP contribution in [-0.2, 0) is 20.2 Å². The predicted octanol–water partition coefficient (Wildman–Crippen LogP) is 3.62. The Hall–Kier alpha value is -1.36. The van der Waals surface area contributed by atoms with Gasteiger partial charge in [0.25, 0.3) is 0 Å². The van der Waals surface area contributed by atoms with Gasteiger partial charge in [-0.3, -0.25) is 4.57 Å². The van der Waals surface area contributed by atoms with Crippen molar-refractivity contribution in [3.8, 4) is 5.75 Å². The Labute approximate surface area is 142 Å². The maximum atomic E-state index is 11.4. The van der Waals surface area contributed by atoms with Gasteiger partial charge < -0.3 is 19.7 Å². The van der Waals surface area contributed by atoms with Gasteiger partial charge >= 0.3 is 7.60 Å². The Bertz CT molecular complexity index is 686. The minimum atomic E-state index is -4.36. The van der Waals surface area contributed by atoms with Crippen molar-refractivity contribution in [3.05, 3.63) is 28.8 Å². The van der Waals surface area contributed by atoms with Crippen molar-refractivity contribution >= 4 is 13.3 Å². The predicted molar refractivity (Wildman–Crippen MR) is 93.6 cm³/mol. The molecule has 0 radical (unpaired) electrons. The minimum Gasteiger partial charge on any atom is -0.507 e. The van der Waals surface area contributed by atoms with E-state index in [2.05, 4.69) is 5.16 Å². The lowest BCUT2D eigenvalue weighted by Gasteiger charge is -2.28. The number of aromatic hydroxyl groups is 1. The molecule has 7 heteroatoms. The van der Waals surface area contributed by atoms with Gasteiger partial charge in [0.15, 0.2) is 0 Å². The third kappa shape index (κ3) is 3.82. The second kappa shape index (κ2) is 5.87. The number of rotatable bonds is 2. The molecule has 3 N–H and O–H groups in total. The molecule has 1 atom stereocenters. The zero-order valence-electron chi connectivity index (χ0n) is 15.0. The maximum absolute atomic E-state index is 11.4. The molecule has 0 fully saturated rings. The van der Waals surface area contributed by atoms with Crippen LogP contribution < -0.4 is 0 Å². The van der Waals surface area contributed by atoms with Crippen LogP contribution in [0.2, 0.25) is 0 Å². The van der Waals surface area contributed by atoms with Gasteiger partial charge in [-0.2, -0.15) is 0 Å². The molecule has 1 aliphatic rings. The smallest absolute Gasteiger partial charge is 0.368 e. The average Bonchev–Trinajstić information content (AvgIpc) is 2.85. The first kappa shape index (κ1) is 19.0. The molecule has 1 unspecified atom stereocenters. The average molecular weight is 355 g/mol. The highest BCUT2D eigenvalue weighted by molar-refractivity contribution is 7.52. The van der Waals surface area contributed by atoms with E-state index in [1.807, 2.05) is 53.7 Å². The summed E-state index contributed by atoms with van der Waals surface area (Å²) in [7, 11) is -4.36. The van der Waals surface area contributed by atoms with Crippen molar-refractivity contribution in [2.24, 2.45) is 5.16 Å². The van der Waals surface area contributed by atoms with Crippen molar-refractivity contribution < 1.29 is 24.3 Å². The van der Waals surface area contributed by atoms with Crippen LogP contribution in [0, 0.1) is 0 Å². The first-order chi connectivity index (χ1) is 10.7. The standard InChI is InChI=1S/C17H26NO5P/c1-16(2,3)11-7-10(8-12(15(11)19)17(4,5)6)13-9-14(23-18-13)24(20,21)22/h7-8,14,19H,9H2,1-6H3,(H2,20,21,22). The second-order valence-corrected chi connectivity index (χ2v) is 10.1. The Balaban J connectivity index is 2.55. The number of nitrogens with zero attached hydrogens (tertiary/aromatic N) is 1. The van der Waals surface area contributed by atoms with Gasteiger partial charge in [0.1, 0.15) is 5.75 Å². The molecule has 0 saturated heterocycles. The molecule has 0 aliphatic carbocycles. The summed E-state index contributed by atoms with van der Waals surface area (Å²) in [6.45, 7) is 12.0. The third-order valence-corrected chi connectivity index (χ3v) is 5.11. The van der Waals surface area contributed by atoms with Gasteiger partial charge in [-0.1, -0.05) is 46.7 Å². The van der Waals surface area contributed by atoms with E-state index in [1.165, 1.54) is 0 Å². The highest BCUT2D eigenvalue weighted by Crippen LogP contribution is 2.47. The molecular weight excluding hydrogens is 329 g/mol. The Morgan fingerprint density at radius 1 is 1.08 bits per heavy atom. The van der Waals surface area contributed by atoms with Crippen LogP contribution in [0.3, 0.4) is 0 Å². The van der Waals surface area contributed by atoms with Crippen LogP contribution in [0.25, 0.3) is 0 Å². The quantitative estimate of drug-likeness (QED) is 0.704. The Morgan fingerprint density at radius 2 is 1.54 bits per heavy atom. The van der Waals surface area contributed by atoms with Crippen LogP contribution in [0.1, 0.15) is 64.7 Å². The van der Waals surface area contributed by atoms with E-state index >= 15 is 0 Å². The first-order valence-electron chi connectivity index (χ1n) is 7.87. The van der Waals surface area contributed by atoms with E-state index in [4.69, 9.17) is 4.84 Å². The van der Waals surface area contributed by atoms with Crippen LogP contribution >= 0.6 is 7.60 Å². The fourth-order valence-corrected chi connectivity index (χ4v) is 3.24. The number of phenols is 1. The topological polar surface area (TPSA) is 99.4 Å². The molecule has 1 heterocycles. The molecule has 0 saturated carbocycles. The van der Waals surface area contributed by atoms with Crippen molar-refractivity contribution in [1.29, 1.82) is 0 Å². The van der Waals surface area contributed by atoms with Crippen molar-refractivity contribution in [1.82, 2.24) is 0 Å². The molecule has 0 bridgehead atoms. The lowest BCUT2D eigenvalue weighted by atomic mass is 9.78. The summed E-state index contributed by atoms with van der Waals surface area (Å²) in [5, 5.41) is 14.6. The van der Waals surface area contributed by atoms with Gasteiger partial charge in [0.2, 0.25) is 5.85 Å². The Kier molecular flexibility index (Phi) is 4.64. The summed E-state index contributed by atoms with van der Waals surface area (Å²) in [6, 6.07) is 3.66. The van der Waals surface area contributed by atoms with Crippen LogP contribution in [-0.4, -0.2) is 26.5 Å². The first-order valence-corrected chi connectivity index (χ1v) is 9.55. The van der Waals surface area contributed by atoms with Crippen molar-refractivity contribution in [3.63, 3.8) is 0 Å². The molecule has 0 aromatic heterocycles. The van der Waals surface area contributed by atoms with Gasteiger partial charge in [-0.15, -0.1) is 0 Å². The zero-order chi connectivity index (χ0) is 18.5. The summed E-state index contributed by atoms with van der Waals surface area (Å²) >= 11 is 0. The fraction of sp³-hybridized carbons (Fsp3) is 0.588. The summed E-state index contributed by atoms with van der Waals surface area (Å²) in [6.07, 6.45) is 0.0439. The fourth-order valence-electron chi connectivity index (χ4n) is 2.66. The molecule has 1 aromatic rings. The lowest BCUT2D eigenvalue weighted by Crippen LogP contribution is -2.19. The molecule has 0 spiro atoms. The lowest BCUT2D eigenvalue weighted by molar-refractivity contribution is 0.117. The normalized spacial score (nSPS) is 19.2. The molecule has 24 heavy (non-hydrogen) atoms. The summed E-state index contributed by atoms with van der Waals surface area (Å²) < 4.78 is 11.4. The SMILES string of the molecule is CC(C)(C)c1cc(C2=NOC(P(=O)(O)O)C2)cc(C(C)(C)C)c1O. The number of hydrogen-bond donors (Lipinski definition) is 3. The highest BCUT2D eigenvalue weighted by Gasteiger charge is 2.38. The van der Waals surface area contributed by atoms with Crippen LogP contribution in [0.4, 0.5) is 0 Å². The summed E-state index contributed by atoms with van der Waals surface area (Å²) in [4.78, 5) is 23.5. The van der Waals surface area contributed by atoms with Gasteiger partial charge in [-0.25, -0.2) is 0 Å². The van der Waals surface area contributed by atoms with Gasteiger partial charge in [0, 0.05) is 23.1 Å². The van der Waals surface area contributed by atoms with E-state index in [0.29, 0.717) is 5.71 Å². The minimum absolute atomic E-state index is 0.0439. The molecule has 1 aromatic carbocycles. The van der Waals surface area contributed by atoms with E-state index in [9.17, 15) is 19.5 Å². The number of phenolic OH excluding ortho intramolecular Hbond substituents is 1. The van der Waals surface area contributed by atoms with E-state index in [0.717, 1.165) is 16.7 Å². The van der Waals surface area contributed by atoms with Gasteiger partial charge in [-0.05, 0) is 23.0 Å². The summed E-state index contributed by atoms with van der Waals surface area (Å²) in [5.41, 5.74) is 2.17. The van der Waals surface area contributed by atoms with E-state index in [-0.39, 0.29) is 23.0 Å². The van der Waals surface area contributed by atoms with E-state index < -0.39 is 13.4 Å². The monoisotopic (exact) mass is 355 g/mol. The summed E-state index contributed by atoms with van der Waals surface area (Å²) in [5.74, 6) is -0.984. The number of hydrogen-bond acceptors (Lipinski definition) is 4. The van der Waals surface area contributed by atoms with Crippen molar-refractivity contribution in [2.45, 2.75) is 64.6 Å². The molecule has 2 rings (SSSR count). The molecule has 1 aliphatic heterocycles. The zero-order valence-corrected chi connectivity index (χ0v) is 15.9. The molecular formula is C17H26NO5P. The maximum Gasteiger partial charge on any atom is 0.368 e. The third-order valence-electron chi connectivity index (χ3n) is 4.09.